The lowest BCUT2D eigenvalue weighted by Gasteiger charge is -2.18. The summed E-state index contributed by atoms with van der Waals surface area (Å²) in [7, 11) is 3.21. The first-order chi connectivity index (χ1) is 10.1. The molecule has 1 atom stereocenters. The molecular weight excluding hydrogens is 313 g/mol. The SMILES string of the molecule is COCCn1ncc(Cl)c1C(N)c1ccc(Cl)cc1OC. The summed E-state index contributed by atoms with van der Waals surface area (Å²) in [6, 6.07) is 4.85. The highest BCUT2D eigenvalue weighted by Crippen LogP contribution is 2.33. The van der Waals surface area contributed by atoms with Crippen LogP contribution in [-0.2, 0) is 11.3 Å². The van der Waals surface area contributed by atoms with E-state index in [9.17, 15) is 0 Å². The van der Waals surface area contributed by atoms with Crippen LogP contribution in [0.25, 0.3) is 0 Å². The van der Waals surface area contributed by atoms with E-state index in [0.29, 0.717) is 34.6 Å². The van der Waals surface area contributed by atoms with Crippen molar-refractivity contribution in [3.05, 3.63) is 45.7 Å². The number of hydrogen-bond acceptors (Lipinski definition) is 4. The highest BCUT2D eigenvalue weighted by atomic mass is 35.5. The minimum atomic E-state index is -0.468. The van der Waals surface area contributed by atoms with E-state index in [1.807, 2.05) is 6.07 Å². The van der Waals surface area contributed by atoms with Crippen molar-refractivity contribution in [2.75, 3.05) is 20.8 Å². The fourth-order valence-corrected chi connectivity index (χ4v) is 2.55. The first-order valence-corrected chi connectivity index (χ1v) is 7.13. The van der Waals surface area contributed by atoms with Crippen molar-refractivity contribution >= 4 is 23.2 Å². The number of nitrogens with zero attached hydrogens (tertiary/aromatic N) is 2. The van der Waals surface area contributed by atoms with Gasteiger partial charge in [0.05, 0.1) is 43.2 Å². The van der Waals surface area contributed by atoms with Crippen LogP contribution >= 0.6 is 23.2 Å². The summed E-state index contributed by atoms with van der Waals surface area (Å²) in [4.78, 5) is 0. The number of halogens is 2. The highest BCUT2D eigenvalue weighted by Gasteiger charge is 2.21. The molecule has 0 aliphatic carbocycles. The second kappa shape index (κ2) is 7.13. The molecule has 21 heavy (non-hydrogen) atoms. The molecule has 0 saturated carbocycles. The van der Waals surface area contributed by atoms with Gasteiger partial charge in [0.1, 0.15) is 5.75 Å². The lowest BCUT2D eigenvalue weighted by atomic mass is 10.0. The van der Waals surface area contributed by atoms with Crippen molar-refractivity contribution < 1.29 is 9.47 Å². The first kappa shape index (κ1) is 16.1. The maximum atomic E-state index is 6.35. The average Bonchev–Trinajstić information content (AvgIpc) is 2.85. The fourth-order valence-electron chi connectivity index (χ4n) is 2.13. The molecule has 0 bridgehead atoms. The lowest BCUT2D eigenvalue weighted by Crippen LogP contribution is -2.20. The Morgan fingerprint density at radius 3 is 2.76 bits per heavy atom. The maximum Gasteiger partial charge on any atom is 0.125 e. The number of benzene rings is 1. The molecule has 1 unspecified atom stereocenters. The molecule has 0 fully saturated rings. The number of methoxy groups -OCH3 is 2. The zero-order chi connectivity index (χ0) is 15.4. The molecule has 114 valence electrons. The molecule has 2 aromatic rings. The predicted molar refractivity (Wildman–Crippen MR) is 83.1 cm³/mol. The van der Waals surface area contributed by atoms with Crippen LogP contribution in [0, 0.1) is 0 Å². The maximum absolute atomic E-state index is 6.35. The van der Waals surface area contributed by atoms with Gasteiger partial charge in [0.25, 0.3) is 0 Å². The van der Waals surface area contributed by atoms with Crippen molar-refractivity contribution in [2.45, 2.75) is 12.6 Å². The standard InChI is InChI=1S/C14H17Cl2N3O2/c1-20-6-5-19-14(11(16)8-18-19)13(17)10-4-3-9(15)7-12(10)21-2/h3-4,7-8,13H,5-6,17H2,1-2H3. The largest absolute Gasteiger partial charge is 0.496 e. The van der Waals surface area contributed by atoms with E-state index in [1.54, 1.807) is 37.2 Å². The van der Waals surface area contributed by atoms with E-state index >= 15 is 0 Å². The fraction of sp³-hybridized carbons (Fsp3) is 0.357. The summed E-state index contributed by atoms with van der Waals surface area (Å²) < 4.78 is 12.2. The van der Waals surface area contributed by atoms with Gasteiger partial charge in [-0.2, -0.15) is 5.10 Å². The zero-order valence-electron chi connectivity index (χ0n) is 11.8. The summed E-state index contributed by atoms with van der Waals surface area (Å²) in [5.74, 6) is 0.616. The van der Waals surface area contributed by atoms with Crippen molar-refractivity contribution in [3.63, 3.8) is 0 Å². The van der Waals surface area contributed by atoms with Crippen molar-refractivity contribution in [3.8, 4) is 5.75 Å². The van der Waals surface area contributed by atoms with Crippen molar-refractivity contribution in [2.24, 2.45) is 5.73 Å². The molecule has 0 aliphatic heterocycles. The second-order valence-electron chi connectivity index (χ2n) is 4.46. The number of nitrogens with two attached hydrogens (primary N) is 1. The third-order valence-electron chi connectivity index (χ3n) is 3.17. The van der Waals surface area contributed by atoms with Crippen LogP contribution in [0.5, 0.6) is 5.75 Å². The van der Waals surface area contributed by atoms with Gasteiger partial charge in [-0.05, 0) is 12.1 Å². The Balaban J connectivity index is 2.40. The average molecular weight is 330 g/mol. The Morgan fingerprint density at radius 1 is 1.33 bits per heavy atom. The Bertz CT molecular complexity index is 616. The van der Waals surface area contributed by atoms with E-state index in [2.05, 4.69) is 5.10 Å². The van der Waals surface area contributed by atoms with E-state index in [1.165, 1.54) is 0 Å². The monoisotopic (exact) mass is 329 g/mol. The molecule has 0 aliphatic rings. The number of rotatable bonds is 6. The molecule has 0 amide bonds. The number of aromatic nitrogens is 2. The van der Waals surface area contributed by atoms with Gasteiger partial charge in [0.2, 0.25) is 0 Å². The van der Waals surface area contributed by atoms with Gasteiger partial charge >= 0.3 is 0 Å². The van der Waals surface area contributed by atoms with Gasteiger partial charge in [-0.3, -0.25) is 4.68 Å². The second-order valence-corrected chi connectivity index (χ2v) is 5.30. The molecule has 2 rings (SSSR count). The lowest BCUT2D eigenvalue weighted by molar-refractivity contribution is 0.182. The predicted octanol–water partition coefficient (Wildman–Crippen LogP) is 2.89. The molecule has 0 spiro atoms. The third-order valence-corrected chi connectivity index (χ3v) is 3.69. The Labute approximate surface area is 133 Å². The smallest absolute Gasteiger partial charge is 0.125 e. The Kier molecular flexibility index (Phi) is 5.47. The van der Waals surface area contributed by atoms with Crippen LogP contribution in [0.1, 0.15) is 17.3 Å². The normalized spacial score (nSPS) is 12.4. The Morgan fingerprint density at radius 2 is 2.10 bits per heavy atom. The van der Waals surface area contributed by atoms with Crippen molar-refractivity contribution in [1.29, 1.82) is 0 Å². The van der Waals surface area contributed by atoms with E-state index < -0.39 is 6.04 Å². The van der Waals surface area contributed by atoms with Crippen LogP contribution in [0.3, 0.4) is 0 Å². The van der Waals surface area contributed by atoms with Crippen molar-refractivity contribution in [1.82, 2.24) is 9.78 Å². The summed E-state index contributed by atoms with van der Waals surface area (Å²) in [5.41, 5.74) is 7.86. The number of ether oxygens (including phenoxy) is 2. The summed E-state index contributed by atoms with van der Waals surface area (Å²) in [6.45, 7) is 1.09. The molecule has 2 N–H and O–H groups in total. The number of hydrogen-bond donors (Lipinski definition) is 1. The quantitative estimate of drug-likeness (QED) is 0.885. The molecule has 1 heterocycles. The van der Waals surface area contributed by atoms with Gasteiger partial charge in [-0.15, -0.1) is 0 Å². The minimum absolute atomic E-state index is 0.468. The van der Waals surface area contributed by atoms with Gasteiger partial charge in [-0.25, -0.2) is 0 Å². The molecule has 0 radical (unpaired) electrons. The van der Waals surface area contributed by atoms with Gasteiger partial charge < -0.3 is 15.2 Å². The van der Waals surface area contributed by atoms with Crippen LogP contribution in [0.15, 0.2) is 24.4 Å². The summed E-state index contributed by atoms with van der Waals surface area (Å²) in [6.07, 6.45) is 1.58. The molecule has 1 aromatic carbocycles. The zero-order valence-corrected chi connectivity index (χ0v) is 13.4. The van der Waals surface area contributed by atoms with Crippen LogP contribution in [0.2, 0.25) is 10.0 Å². The Hall–Kier alpha value is -1.27. The van der Waals surface area contributed by atoms with E-state index in [0.717, 1.165) is 5.56 Å². The van der Waals surface area contributed by atoms with Crippen LogP contribution in [0.4, 0.5) is 0 Å². The van der Waals surface area contributed by atoms with Gasteiger partial charge in [0.15, 0.2) is 0 Å². The summed E-state index contributed by atoms with van der Waals surface area (Å²) in [5, 5.41) is 5.33. The van der Waals surface area contributed by atoms with E-state index in [-0.39, 0.29) is 0 Å². The van der Waals surface area contributed by atoms with Crippen LogP contribution in [-0.4, -0.2) is 30.6 Å². The van der Waals surface area contributed by atoms with Gasteiger partial charge in [0, 0.05) is 17.7 Å². The third kappa shape index (κ3) is 3.49. The molecular formula is C14H17Cl2N3O2. The van der Waals surface area contributed by atoms with Crippen LogP contribution < -0.4 is 10.5 Å². The summed E-state index contributed by atoms with van der Waals surface area (Å²) >= 11 is 12.2. The highest BCUT2D eigenvalue weighted by molar-refractivity contribution is 6.31. The molecule has 7 heteroatoms. The molecule has 1 aromatic heterocycles. The van der Waals surface area contributed by atoms with Gasteiger partial charge in [-0.1, -0.05) is 29.3 Å². The molecule has 0 saturated heterocycles. The first-order valence-electron chi connectivity index (χ1n) is 6.37. The topological polar surface area (TPSA) is 62.3 Å². The minimum Gasteiger partial charge on any atom is -0.496 e. The molecule has 5 nitrogen and oxygen atoms in total. The van der Waals surface area contributed by atoms with E-state index in [4.69, 9.17) is 38.4 Å².